The quantitative estimate of drug-likeness (QED) is 0.162. The minimum atomic E-state index is 1.11. The van der Waals surface area contributed by atoms with Gasteiger partial charge in [-0.1, -0.05) is 152 Å². The lowest BCUT2D eigenvalue weighted by Gasteiger charge is -2.26. The number of hydrogen-bond acceptors (Lipinski definition) is 3. The number of rotatable bonds is 6. The number of fused-ring (bicyclic) bond motifs is 11. The molecule has 0 aliphatic rings. The fourth-order valence-corrected chi connectivity index (χ4v) is 12.0. The molecule has 0 aliphatic heterocycles. The normalized spacial score (nSPS) is 11.9. The first kappa shape index (κ1) is 35.3. The van der Waals surface area contributed by atoms with Crippen LogP contribution in [0.4, 0.5) is 17.1 Å². The Morgan fingerprint density at radius 2 is 0.919 bits per heavy atom. The standard InChI is InChI=1S/C58H36N2S2/c1-2-12-41(13-3-1)60-53-35-40(26-32-47(53)51-33-25-38-11-4-5-14-45(38)57(51)60)37-21-27-42(28-22-37)59(44-31-34-50-48-15-6-8-19-54(48)61-56(50)36-44)43-29-23-39(24-30-43)46-17-10-18-52-49-16-7-9-20-55(49)62-58(46)52/h1-36H. The SMILES string of the molecule is c1ccc(-n2c3cc(-c4ccc(N(c5ccc(-c6cccc7c6sc6ccccc67)cc5)c5ccc6c(c5)sc5ccccc56)cc4)ccc3c3ccc4ccccc4c32)cc1. The summed E-state index contributed by atoms with van der Waals surface area (Å²) in [6.07, 6.45) is 0. The van der Waals surface area contributed by atoms with Gasteiger partial charge in [-0.25, -0.2) is 0 Å². The first-order chi connectivity index (χ1) is 30.7. The zero-order valence-electron chi connectivity index (χ0n) is 33.5. The molecule has 3 aromatic heterocycles. The summed E-state index contributed by atoms with van der Waals surface area (Å²) in [5.41, 5.74) is 11.8. The Kier molecular flexibility index (Phi) is 7.99. The van der Waals surface area contributed by atoms with E-state index in [4.69, 9.17) is 0 Å². The van der Waals surface area contributed by atoms with E-state index >= 15 is 0 Å². The number of nitrogens with zero attached hydrogens (tertiary/aromatic N) is 2. The second-order valence-corrected chi connectivity index (χ2v) is 18.2. The molecule has 10 aromatic carbocycles. The van der Waals surface area contributed by atoms with E-state index in [0.717, 1.165) is 22.7 Å². The van der Waals surface area contributed by atoms with Gasteiger partial charge in [0.2, 0.25) is 0 Å². The Morgan fingerprint density at radius 1 is 0.339 bits per heavy atom. The van der Waals surface area contributed by atoms with Crippen molar-refractivity contribution in [1.82, 2.24) is 4.57 Å². The summed E-state index contributed by atoms with van der Waals surface area (Å²) in [5, 5.41) is 10.3. The van der Waals surface area contributed by atoms with E-state index in [0.29, 0.717) is 0 Å². The lowest BCUT2D eigenvalue weighted by atomic mass is 10.0. The highest BCUT2D eigenvalue weighted by Gasteiger charge is 2.19. The molecule has 3 heterocycles. The molecule has 62 heavy (non-hydrogen) atoms. The van der Waals surface area contributed by atoms with Gasteiger partial charge in [-0.3, -0.25) is 0 Å². The lowest BCUT2D eigenvalue weighted by molar-refractivity contribution is 1.19. The molecule has 0 unspecified atom stereocenters. The van der Waals surface area contributed by atoms with Crippen LogP contribution in [0, 0.1) is 0 Å². The van der Waals surface area contributed by atoms with Crippen molar-refractivity contribution >= 4 is 113 Å². The van der Waals surface area contributed by atoms with E-state index in [1.807, 2.05) is 22.7 Å². The average Bonchev–Trinajstić information content (AvgIpc) is 4.02. The van der Waals surface area contributed by atoms with Crippen molar-refractivity contribution < 1.29 is 0 Å². The fourth-order valence-electron chi connectivity index (χ4n) is 9.67. The summed E-state index contributed by atoms with van der Waals surface area (Å²) in [7, 11) is 0. The molecular formula is C58H36N2S2. The van der Waals surface area contributed by atoms with E-state index in [1.165, 1.54) is 95.2 Å². The van der Waals surface area contributed by atoms with Gasteiger partial charge in [-0.05, 0) is 94.4 Å². The molecule has 2 nitrogen and oxygen atoms in total. The zero-order chi connectivity index (χ0) is 40.7. The molecule has 0 aliphatic carbocycles. The first-order valence-electron chi connectivity index (χ1n) is 21.1. The number of para-hydroxylation sites is 1. The Labute approximate surface area is 366 Å². The zero-order valence-corrected chi connectivity index (χ0v) is 35.1. The van der Waals surface area contributed by atoms with Crippen LogP contribution in [0.15, 0.2) is 218 Å². The molecule has 13 rings (SSSR count). The van der Waals surface area contributed by atoms with Crippen molar-refractivity contribution in [3.8, 4) is 27.9 Å². The second-order valence-electron chi connectivity index (χ2n) is 16.1. The van der Waals surface area contributed by atoms with Crippen molar-refractivity contribution in [2.24, 2.45) is 0 Å². The van der Waals surface area contributed by atoms with Crippen LogP contribution in [0.1, 0.15) is 0 Å². The van der Waals surface area contributed by atoms with Crippen LogP contribution >= 0.6 is 22.7 Å². The first-order valence-corrected chi connectivity index (χ1v) is 22.7. The maximum absolute atomic E-state index is 2.45. The van der Waals surface area contributed by atoms with Crippen LogP contribution < -0.4 is 4.90 Å². The van der Waals surface area contributed by atoms with Crippen LogP contribution in [0.25, 0.3) is 101 Å². The van der Waals surface area contributed by atoms with Crippen molar-refractivity contribution in [3.63, 3.8) is 0 Å². The third-order valence-electron chi connectivity index (χ3n) is 12.6. The molecule has 13 aromatic rings. The topological polar surface area (TPSA) is 8.17 Å². The van der Waals surface area contributed by atoms with Crippen molar-refractivity contribution in [2.75, 3.05) is 4.90 Å². The average molecular weight is 825 g/mol. The summed E-state index contributed by atoms with van der Waals surface area (Å²) >= 11 is 3.74. The van der Waals surface area contributed by atoms with Crippen molar-refractivity contribution in [3.05, 3.63) is 218 Å². The highest BCUT2D eigenvalue weighted by molar-refractivity contribution is 7.26. The molecule has 0 N–H and O–H groups in total. The van der Waals surface area contributed by atoms with Gasteiger partial charge in [0.25, 0.3) is 0 Å². The van der Waals surface area contributed by atoms with Gasteiger partial charge in [0.1, 0.15) is 0 Å². The molecule has 0 saturated carbocycles. The fraction of sp³-hybridized carbons (Fsp3) is 0. The molecule has 0 spiro atoms. The highest BCUT2D eigenvalue weighted by atomic mass is 32.1. The van der Waals surface area contributed by atoms with Crippen LogP contribution in [0.5, 0.6) is 0 Å². The monoisotopic (exact) mass is 824 g/mol. The predicted octanol–water partition coefficient (Wildman–Crippen LogP) is 17.5. The lowest BCUT2D eigenvalue weighted by Crippen LogP contribution is -2.09. The molecule has 0 atom stereocenters. The molecule has 0 amide bonds. The van der Waals surface area contributed by atoms with Crippen molar-refractivity contribution in [1.29, 1.82) is 0 Å². The summed E-state index contributed by atoms with van der Waals surface area (Å²) in [5.74, 6) is 0. The van der Waals surface area contributed by atoms with Gasteiger partial charge in [0.05, 0.1) is 11.0 Å². The van der Waals surface area contributed by atoms with Crippen LogP contribution in [0.3, 0.4) is 0 Å². The van der Waals surface area contributed by atoms with E-state index < -0.39 is 0 Å². The minimum Gasteiger partial charge on any atom is -0.310 e. The van der Waals surface area contributed by atoms with Crippen molar-refractivity contribution in [2.45, 2.75) is 0 Å². The largest absolute Gasteiger partial charge is 0.310 e. The Balaban J connectivity index is 0.933. The third kappa shape index (κ3) is 5.54. The van der Waals surface area contributed by atoms with Crippen LogP contribution in [0.2, 0.25) is 0 Å². The highest BCUT2D eigenvalue weighted by Crippen LogP contribution is 2.44. The summed E-state index contributed by atoms with van der Waals surface area (Å²) < 4.78 is 7.70. The molecule has 0 bridgehead atoms. The maximum Gasteiger partial charge on any atom is 0.0619 e. The maximum atomic E-state index is 2.45. The number of hydrogen-bond donors (Lipinski definition) is 0. The summed E-state index contributed by atoms with van der Waals surface area (Å²) in [6, 6.07) is 80.4. The van der Waals surface area contributed by atoms with Crippen LogP contribution in [-0.4, -0.2) is 4.57 Å². The van der Waals surface area contributed by atoms with Gasteiger partial charge in [0.15, 0.2) is 0 Å². The van der Waals surface area contributed by atoms with Crippen LogP contribution in [-0.2, 0) is 0 Å². The number of benzene rings is 10. The summed E-state index contributed by atoms with van der Waals surface area (Å²) in [4.78, 5) is 2.40. The number of thiophene rings is 2. The summed E-state index contributed by atoms with van der Waals surface area (Å²) in [6.45, 7) is 0. The Morgan fingerprint density at radius 3 is 1.71 bits per heavy atom. The molecular weight excluding hydrogens is 789 g/mol. The van der Waals surface area contributed by atoms with E-state index in [9.17, 15) is 0 Å². The molecule has 0 radical (unpaired) electrons. The molecule has 290 valence electrons. The predicted molar refractivity (Wildman–Crippen MR) is 270 cm³/mol. The second kappa shape index (κ2) is 14.0. The van der Waals surface area contributed by atoms with E-state index in [-0.39, 0.29) is 0 Å². The van der Waals surface area contributed by atoms with E-state index in [1.54, 1.807) is 0 Å². The smallest absolute Gasteiger partial charge is 0.0619 e. The van der Waals surface area contributed by atoms with Gasteiger partial charge in [0, 0.05) is 79.3 Å². The third-order valence-corrected chi connectivity index (χ3v) is 14.9. The number of aromatic nitrogens is 1. The molecule has 4 heteroatoms. The Bertz CT molecular complexity index is 3850. The van der Waals surface area contributed by atoms with Gasteiger partial charge >= 0.3 is 0 Å². The minimum absolute atomic E-state index is 1.11. The molecule has 0 saturated heterocycles. The van der Waals surface area contributed by atoms with Gasteiger partial charge < -0.3 is 9.47 Å². The van der Waals surface area contributed by atoms with Gasteiger partial charge in [-0.15, -0.1) is 22.7 Å². The van der Waals surface area contributed by atoms with E-state index in [2.05, 4.69) is 228 Å². The van der Waals surface area contributed by atoms with Gasteiger partial charge in [-0.2, -0.15) is 0 Å². The molecule has 0 fully saturated rings. The Hall–Kier alpha value is -7.50. The number of anilines is 3.